The molecule has 9 nitrogen and oxygen atoms in total. The van der Waals surface area contributed by atoms with Crippen molar-refractivity contribution in [3.63, 3.8) is 0 Å². The van der Waals surface area contributed by atoms with Crippen molar-refractivity contribution >= 4 is 52.6 Å². The van der Waals surface area contributed by atoms with Gasteiger partial charge in [0.1, 0.15) is 11.5 Å². The third-order valence-corrected chi connectivity index (χ3v) is 6.57. The van der Waals surface area contributed by atoms with Gasteiger partial charge < -0.3 is 16.0 Å². The first-order chi connectivity index (χ1) is 19.8. The minimum absolute atomic E-state index is 0.0661. The van der Waals surface area contributed by atoms with E-state index in [1.54, 1.807) is 54.6 Å². The van der Waals surface area contributed by atoms with Gasteiger partial charge in [-0.15, -0.1) is 11.8 Å². The summed E-state index contributed by atoms with van der Waals surface area (Å²) >= 11 is 1.28. The van der Waals surface area contributed by atoms with Crippen LogP contribution in [0.25, 0.3) is 6.08 Å². The number of anilines is 2. The van der Waals surface area contributed by atoms with Gasteiger partial charge in [0.2, 0.25) is 5.91 Å². The molecule has 4 rings (SSSR count). The van der Waals surface area contributed by atoms with E-state index in [0.29, 0.717) is 22.5 Å². The van der Waals surface area contributed by atoms with Gasteiger partial charge in [-0.2, -0.15) is 0 Å². The molecule has 4 aromatic carbocycles. The smallest absolute Gasteiger partial charge is 0.272 e. The van der Waals surface area contributed by atoms with E-state index >= 15 is 0 Å². The van der Waals surface area contributed by atoms with Crippen LogP contribution in [0.15, 0.2) is 114 Å². The first-order valence-corrected chi connectivity index (χ1v) is 13.2. The Balaban J connectivity index is 1.42. The minimum Gasteiger partial charge on any atom is -0.325 e. The molecule has 0 aliphatic rings. The van der Waals surface area contributed by atoms with Crippen molar-refractivity contribution in [3.8, 4) is 0 Å². The number of nitrogens with one attached hydrogen (secondary N) is 3. The zero-order valence-electron chi connectivity index (χ0n) is 21.4. The molecule has 3 amide bonds. The summed E-state index contributed by atoms with van der Waals surface area (Å²) in [4.78, 5) is 49.3. The highest BCUT2D eigenvalue weighted by atomic mass is 32.2. The summed E-state index contributed by atoms with van der Waals surface area (Å²) in [7, 11) is 0. The average molecular weight is 571 g/mol. The van der Waals surface area contributed by atoms with Gasteiger partial charge in [-0.3, -0.25) is 24.5 Å². The largest absolute Gasteiger partial charge is 0.325 e. The van der Waals surface area contributed by atoms with E-state index in [0.717, 1.165) is 4.90 Å². The topological polar surface area (TPSA) is 130 Å². The Hall–Kier alpha value is -5.29. The maximum absolute atomic E-state index is 13.2. The number of carbonyl (C=O) groups excluding carboxylic acids is 3. The number of benzene rings is 4. The summed E-state index contributed by atoms with van der Waals surface area (Å²) in [5, 5.41) is 19.0. The van der Waals surface area contributed by atoms with Crippen molar-refractivity contribution in [2.45, 2.75) is 4.90 Å². The lowest BCUT2D eigenvalue weighted by molar-refractivity contribution is -0.384. The van der Waals surface area contributed by atoms with Gasteiger partial charge in [-0.1, -0.05) is 18.2 Å². The summed E-state index contributed by atoms with van der Waals surface area (Å²) in [6, 6.07) is 26.1. The van der Waals surface area contributed by atoms with Crippen LogP contribution in [-0.4, -0.2) is 28.4 Å². The lowest BCUT2D eigenvalue weighted by Gasteiger charge is -2.12. The molecule has 0 unspecified atom stereocenters. The SMILES string of the molecule is O=C(CSc1ccc(NC(=O)/C(=C/c2ccc([N+](=O)[O-])cc2)NC(=O)c2ccccc2)cc1)Nc1ccc(F)cc1. The van der Waals surface area contributed by atoms with E-state index < -0.39 is 22.6 Å². The number of nitro benzene ring substituents is 1. The Morgan fingerprint density at radius 2 is 1.41 bits per heavy atom. The fourth-order valence-corrected chi connectivity index (χ4v) is 4.21. The van der Waals surface area contributed by atoms with E-state index in [1.807, 2.05) is 0 Å². The third-order valence-electron chi connectivity index (χ3n) is 5.55. The molecule has 206 valence electrons. The maximum atomic E-state index is 13.2. The van der Waals surface area contributed by atoms with E-state index in [1.165, 1.54) is 66.4 Å². The third kappa shape index (κ3) is 8.60. The summed E-state index contributed by atoms with van der Waals surface area (Å²) < 4.78 is 13.0. The zero-order valence-corrected chi connectivity index (χ0v) is 22.2. The van der Waals surface area contributed by atoms with E-state index in [2.05, 4.69) is 16.0 Å². The van der Waals surface area contributed by atoms with Crippen LogP contribution in [0, 0.1) is 15.9 Å². The molecular formula is C30H23FN4O5S. The van der Waals surface area contributed by atoms with Crippen LogP contribution >= 0.6 is 11.8 Å². The fraction of sp³-hybridized carbons (Fsp3) is 0.0333. The van der Waals surface area contributed by atoms with Gasteiger partial charge in [0, 0.05) is 34.0 Å². The lowest BCUT2D eigenvalue weighted by atomic mass is 10.1. The Labute approximate surface area is 238 Å². The van der Waals surface area contributed by atoms with Gasteiger partial charge in [-0.25, -0.2) is 4.39 Å². The normalized spacial score (nSPS) is 10.9. The van der Waals surface area contributed by atoms with Crippen LogP contribution in [0.3, 0.4) is 0 Å². The molecule has 4 aromatic rings. The number of rotatable bonds is 10. The predicted molar refractivity (Wildman–Crippen MR) is 156 cm³/mol. The molecule has 0 saturated carbocycles. The van der Waals surface area contributed by atoms with Crippen LogP contribution in [0.1, 0.15) is 15.9 Å². The second-order valence-corrected chi connectivity index (χ2v) is 9.60. The highest BCUT2D eigenvalue weighted by Gasteiger charge is 2.16. The van der Waals surface area contributed by atoms with Crippen molar-refractivity contribution in [2.24, 2.45) is 0 Å². The molecule has 0 aliphatic heterocycles. The van der Waals surface area contributed by atoms with Gasteiger partial charge >= 0.3 is 0 Å². The van der Waals surface area contributed by atoms with Crippen molar-refractivity contribution in [1.82, 2.24) is 5.32 Å². The molecule has 0 bridgehead atoms. The Morgan fingerprint density at radius 3 is 2.05 bits per heavy atom. The molecular weight excluding hydrogens is 547 g/mol. The molecule has 0 heterocycles. The number of amides is 3. The molecule has 0 saturated heterocycles. The van der Waals surface area contributed by atoms with Gasteiger partial charge in [0.15, 0.2) is 0 Å². The summed E-state index contributed by atoms with van der Waals surface area (Å²) in [5.41, 5.74) is 1.58. The maximum Gasteiger partial charge on any atom is 0.272 e. The summed E-state index contributed by atoms with van der Waals surface area (Å²) in [6.07, 6.45) is 1.42. The average Bonchev–Trinajstić information content (AvgIpc) is 2.98. The number of carbonyl (C=O) groups is 3. The second kappa shape index (κ2) is 13.7. The number of hydrogen-bond donors (Lipinski definition) is 3. The predicted octanol–water partition coefficient (Wildman–Crippen LogP) is 5.87. The van der Waals surface area contributed by atoms with Crippen LogP contribution < -0.4 is 16.0 Å². The highest BCUT2D eigenvalue weighted by molar-refractivity contribution is 8.00. The Kier molecular flexibility index (Phi) is 9.57. The van der Waals surface area contributed by atoms with Crippen LogP contribution in [-0.2, 0) is 9.59 Å². The number of non-ortho nitro benzene ring substituents is 1. The molecule has 3 N–H and O–H groups in total. The highest BCUT2D eigenvalue weighted by Crippen LogP contribution is 2.22. The van der Waals surface area contributed by atoms with Crippen molar-refractivity contribution in [3.05, 3.63) is 136 Å². The van der Waals surface area contributed by atoms with Crippen LogP contribution in [0.5, 0.6) is 0 Å². The van der Waals surface area contributed by atoms with Gasteiger partial charge in [0.05, 0.1) is 10.7 Å². The monoisotopic (exact) mass is 570 g/mol. The van der Waals surface area contributed by atoms with Gasteiger partial charge in [-0.05, 0) is 84.4 Å². The molecule has 0 fully saturated rings. The molecule has 0 atom stereocenters. The van der Waals surface area contributed by atoms with E-state index in [4.69, 9.17) is 0 Å². The Morgan fingerprint density at radius 1 is 0.805 bits per heavy atom. The lowest BCUT2D eigenvalue weighted by Crippen LogP contribution is -2.30. The first kappa shape index (κ1) is 28.7. The minimum atomic E-state index is -0.605. The second-order valence-electron chi connectivity index (χ2n) is 8.55. The number of thioether (sulfide) groups is 1. The number of nitro groups is 1. The molecule has 41 heavy (non-hydrogen) atoms. The number of hydrogen-bond acceptors (Lipinski definition) is 6. The van der Waals surface area contributed by atoms with Crippen LogP contribution in [0.4, 0.5) is 21.5 Å². The quantitative estimate of drug-likeness (QED) is 0.0946. The molecule has 0 radical (unpaired) electrons. The molecule has 0 aromatic heterocycles. The summed E-state index contributed by atoms with van der Waals surface area (Å²) in [5.74, 6) is -1.63. The number of halogens is 1. The zero-order chi connectivity index (χ0) is 29.2. The molecule has 0 aliphatic carbocycles. The Bertz CT molecular complexity index is 1580. The standard InChI is InChI=1S/C30H23FN4O5S/c31-22-8-10-23(11-9-22)32-28(36)19-41-26-16-12-24(13-17-26)33-30(38)27(34-29(37)21-4-2-1-3-5-21)18-20-6-14-25(15-7-20)35(39)40/h1-18H,19H2,(H,32,36)(H,33,38)(H,34,37)/b27-18-. The van der Waals surface area contributed by atoms with Crippen molar-refractivity contribution in [1.29, 1.82) is 0 Å². The molecule has 0 spiro atoms. The van der Waals surface area contributed by atoms with E-state index in [-0.39, 0.29) is 23.0 Å². The fourth-order valence-electron chi connectivity index (χ4n) is 3.51. The van der Waals surface area contributed by atoms with Crippen LogP contribution in [0.2, 0.25) is 0 Å². The first-order valence-electron chi connectivity index (χ1n) is 12.2. The van der Waals surface area contributed by atoms with Gasteiger partial charge in [0.25, 0.3) is 17.5 Å². The number of nitrogens with zero attached hydrogens (tertiary/aromatic N) is 1. The van der Waals surface area contributed by atoms with E-state index in [9.17, 15) is 28.9 Å². The van der Waals surface area contributed by atoms with Crippen molar-refractivity contribution in [2.75, 3.05) is 16.4 Å². The summed E-state index contributed by atoms with van der Waals surface area (Å²) in [6.45, 7) is 0. The van der Waals surface area contributed by atoms with Crippen molar-refractivity contribution < 1.29 is 23.7 Å². The molecule has 11 heteroatoms.